The predicted octanol–water partition coefficient (Wildman–Crippen LogP) is 6.93. The number of hydrogen-bond donors (Lipinski definition) is 1. The normalized spacial score (nSPS) is 14.6. The Kier molecular flexibility index (Phi) is 6.09. The van der Waals surface area contributed by atoms with Crippen molar-refractivity contribution in [3.8, 4) is 5.75 Å². The lowest BCUT2D eigenvalue weighted by atomic mass is 10.1. The molecule has 0 saturated carbocycles. The molecule has 1 N–H and O–H groups in total. The third kappa shape index (κ3) is 4.42. The first-order valence-electron chi connectivity index (χ1n) is 10.5. The van der Waals surface area contributed by atoms with E-state index in [1.807, 2.05) is 42.5 Å². The summed E-state index contributed by atoms with van der Waals surface area (Å²) >= 11 is 9.51. The number of nitrogens with zero attached hydrogens (tertiary/aromatic N) is 1. The summed E-state index contributed by atoms with van der Waals surface area (Å²) in [5, 5.41) is 5.35. The third-order valence-corrected chi connectivity index (χ3v) is 6.21. The Morgan fingerprint density at radius 2 is 1.74 bits per heavy atom. The van der Waals surface area contributed by atoms with E-state index in [0.29, 0.717) is 28.6 Å². The summed E-state index contributed by atoms with van der Waals surface area (Å²) in [5.74, 6) is 0.124. The molecule has 1 aliphatic rings. The number of ether oxygens (including phenoxy) is 1. The number of imide groups is 1. The molecule has 34 heavy (non-hydrogen) atoms. The zero-order valence-electron chi connectivity index (χ0n) is 17.8. The summed E-state index contributed by atoms with van der Waals surface area (Å²) in [5.41, 5.74) is 2.27. The summed E-state index contributed by atoms with van der Waals surface area (Å²) in [7, 11) is 0. The van der Waals surface area contributed by atoms with E-state index in [1.54, 1.807) is 30.3 Å². The van der Waals surface area contributed by atoms with E-state index >= 15 is 0 Å². The van der Waals surface area contributed by atoms with Crippen LogP contribution < -0.4 is 15.0 Å². The summed E-state index contributed by atoms with van der Waals surface area (Å²) < 4.78 is 6.99. The van der Waals surface area contributed by atoms with Crippen LogP contribution in [0.3, 0.4) is 0 Å². The lowest BCUT2D eigenvalue weighted by Gasteiger charge is -2.13. The van der Waals surface area contributed by atoms with Crippen LogP contribution in [0.4, 0.5) is 10.5 Å². The van der Waals surface area contributed by atoms with Crippen molar-refractivity contribution < 1.29 is 14.3 Å². The van der Waals surface area contributed by atoms with E-state index in [1.165, 1.54) is 0 Å². The number of hydrogen-bond acceptors (Lipinski definition) is 3. The molecular weight excluding hydrogens is 516 g/mol. The molecule has 4 aromatic carbocycles. The molecule has 5 rings (SSSR count). The van der Waals surface area contributed by atoms with Crippen molar-refractivity contribution in [3.63, 3.8) is 0 Å². The highest BCUT2D eigenvalue weighted by molar-refractivity contribution is 9.10. The third-order valence-electron chi connectivity index (χ3n) is 5.48. The molecule has 0 atom stereocenters. The van der Waals surface area contributed by atoms with E-state index in [-0.39, 0.29) is 5.70 Å². The highest BCUT2D eigenvalue weighted by Gasteiger charge is 2.35. The molecule has 1 fully saturated rings. The van der Waals surface area contributed by atoms with E-state index in [2.05, 4.69) is 39.4 Å². The van der Waals surface area contributed by atoms with Gasteiger partial charge in [-0.3, -0.25) is 4.79 Å². The zero-order chi connectivity index (χ0) is 23.7. The van der Waals surface area contributed by atoms with Gasteiger partial charge in [0.05, 0.1) is 5.69 Å². The largest absolute Gasteiger partial charge is 0.488 e. The van der Waals surface area contributed by atoms with Crippen LogP contribution in [-0.4, -0.2) is 11.9 Å². The van der Waals surface area contributed by atoms with Gasteiger partial charge in [0.2, 0.25) is 0 Å². The minimum absolute atomic E-state index is 0.151. The summed E-state index contributed by atoms with van der Waals surface area (Å²) in [6.07, 6.45) is 1.62. The molecule has 1 heterocycles. The van der Waals surface area contributed by atoms with Crippen LogP contribution >= 0.6 is 27.5 Å². The maximum absolute atomic E-state index is 13.0. The topological polar surface area (TPSA) is 58.6 Å². The summed E-state index contributed by atoms with van der Waals surface area (Å²) in [4.78, 5) is 26.6. The molecule has 0 aromatic heterocycles. The molecule has 0 unspecified atom stereocenters. The Morgan fingerprint density at radius 3 is 2.59 bits per heavy atom. The Morgan fingerprint density at radius 1 is 0.941 bits per heavy atom. The Labute approximate surface area is 209 Å². The number of benzene rings is 4. The van der Waals surface area contributed by atoms with Gasteiger partial charge in [0.1, 0.15) is 18.1 Å². The fraction of sp³-hybridized carbons (Fsp3) is 0.0370. The smallest absolute Gasteiger partial charge is 0.333 e. The molecule has 1 saturated heterocycles. The van der Waals surface area contributed by atoms with E-state index in [9.17, 15) is 9.59 Å². The Hall–Kier alpha value is -3.61. The SMILES string of the molecule is O=C1N/C(=C/c2cc(Br)ccc2OCc2cccc3ccccc23)C(=O)N1c1cccc(Cl)c1. The number of amides is 3. The van der Waals surface area contributed by atoms with Crippen LogP contribution in [0.15, 0.2) is 95.1 Å². The maximum atomic E-state index is 13.0. The minimum Gasteiger partial charge on any atom is -0.488 e. The summed E-state index contributed by atoms with van der Waals surface area (Å²) in [6.45, 7) is 0.355. The van der Waals surface area contributed by atoms with Crippen molar-refractivity contribution in [2.75, 3.05) is 4.90 Å². The lowest BCUT2D eigenvalue weighted by Crippen LogP contribution is -2.30. The number of fused-ring (bicyclic) bond motifs is 1. The van der Waals surface area contributed by atoms with Crippen LogP contribution in [-0.2, 0) is 11.4 Å². The second-order valence-electron chi connectivity index (χ2n) is 7.72. The van der Waals surface area contributed by atoms with Crippen LogP contribution in [0.25, 0.3) is 16.8 Å². The average molecular weight is 534 g/mol. The molecule has 5 nitrogen and oxygen atoms in total. The van der Waals surface area contributed by atoms with E-state index < -0.39 is 11.9 Å². The van der Waals surface area contributed by atoms with Crippen molar-refractivity contribution in [1.82, 2.24) is 5.32 Å². The van der Waals surface area contributed by atoms with Crippen molar-refractivity contribution in [3.05, 3.63) is 111 Å². The predicted molar refractivity (Wildman–Crippen MR) is 138 cm³/mol. The highest BCUT2D eigenvalue weighted by atomic mass is 79.9. The number of halogens is 2. The van der Waals surface area contributed by atoms with Gasteiger partial charge in [-0.05, 0) is 58.8 Å². The number of rotatable bonds is 5. The second kappa shape index (κ2) is 9.33. The van der Waals surface area contributed by atoms with Crippen LogP contribution in [0.5, 0.6) is 5.75 Å². The van der Waals surface area contributed by atoms with Gasteiger partial charge in [-0.15, -0.1) is 0 Å². The van der Waals surface area contributed by atoms with Crippen molar-refractivity contribution >= 4 is 62.0 Å². The molecule has 0 bridgehead atoms. The first kappa shape index (κ1) is 22.2. The highest BCUT2D eigenvalue weighted by Crippen LogP contribution is 2.30. The van der Waals surface area contributed by atoms with Gasteiger partial charge in [0, 0.05) is 15.1 Å². The van der Waals surface area contributed by atoms with Crippen LogP contribution in [0, 0.1) is 0 Å². The number of carbonyl (C=O) groups excluding carboxylic acids is 2. The molecule has 3 amide bonds. The van der Waals surface area contributed by atoms with Gasteiger partial charge in [-0.2, -0.15) is 0 Å². The Bertz CT molecular complexity index is 1460. The maximum Gasteiger partial charge on any atom is 0.333 e. The molecule has 0 radical (unpaired) electrons. The van der Waals surface area contributed by atoms with Gasteiger partial charge in [0.15, 0.2) is 0 Å². The van der Waals surface area contributed by atoms with Gasteiger partial charge >= 0.3 is 6.03 Å². The molecule has 0 spiro atoms. The average Bonchev–Trinajstić information content (AvgIpc) is 3.11. The van der Waals surface area contributed by atoms with Gasteiger partial charge in [-0.1, -0.05) is 76.1 Å². The van der Waals surface area contributed by atoms with Crippen LogP contribution in [0.2, 0.25) is 5.02 Å². The second-order valence-corrected chi connectivity index (χ2v) is 9.07. The quantitative estimate of drug-likeness (QED) is 0.223. The van der Waals surface area contributed by atoms with Crippen molar-refractivity contribution in [2.24, 2.45) is 0 Å². The van der Waals surface area contributed by atoms with Crippen LogP contribution in [0.1, 0.15) is 11.1 Å². The molecule has 0 aliphatic carbocycles. The van der Waals surface area contributed by atoms with E-state index in [4.69, 9.17) is 16.3 Å². The Balaban J connectivity index is 1.44. The fourth-order valence-electron chi connectivity index (χ4n) is 3.88. The molecule has 1 aliphatic heterocycles. The fourth-order valence-corrected chi connectivity index (χ4v) is 4.44. The van der Waals surface area contributed by atoms with E-state index in [0.717, 1.165) is 25.7 Å². The number of anilines is 1. The van der Waals surface area contributed by atoms with Gasteiger partial charge < -0.3 is 10.1 Å². The first-order chi connectivity index (χ1) is 16.5. The van der Waals surface area contributed by atoms with Crippen molar-refractivity contribution in [2.45, 2.75) is 6.61 Å². The molecule has 4 aromatic rings. The van der Waals surface area contributed by atoms with Crippen molar-refractivity contribution in [1.29, 1.82) is 0 Å². The molecule has 7 heteroatoms. The standard InChI is InChI=1S/C27H18BrClN2O3/c28-20-11-12-25(34-16-18-7-3-6-17-5-1-2-10-23(17)18)19(13-20)14-24-26(32)31(27(33)30-24)22-9-4-8-21(29)15-22/h1-15H,16H2,(H,30,33)/b24-14+. The monoisotopic (exact) mass is 532 g/mol. The lowest BCUT2D eigenvalue weighted by molar-refractivity contribution is -0.113. The number of urea groups is 1. The van der Waals surface area contributed by atoms with Gasteiger partial charge in [-0.25, -0.2) is 9.69 Å². The number of nitrogens with one attached hydrogen (secondary N) is 1. The first-order valence-corrected chi connectivity index (χ1v) is 11.7. The molecule has 168 valence electrons. The molecular formula is C27H18BrClN2O3. The summed E-state index contributed by atoms with van der Waals surface area (Å²) in [6, 6.07) is 25.8. The van der Waals surface area contributed by atoms with Gasteiger partial charge in [0.25, 0.3) is 5.91 Å². The minimum atomic E-state index is -0.535. The number of carbonyl (C=O) groups is 2. The zero-order valence-corrected chi connectivity index (χ0v) is 20.1.